The van der Waals surface area contributed by atoms with Crippen LogP contribution in [0.15, 0.2) is 48.9 Å². The molecular formula is C18H18N6O. The highest BCUT2D eigenvalue weighted by Gasteiger charge is 2.07. The van der Waals surface area contributed by atoms with Gasteiger partial charge in [-0.05, 0) is 24.6 Å². The Bertz CT molecular complexity index is 1010. The molecule has 7 heteroatoms. The zero-order valence-corrected chi connectivity index (χ0v) is 13.9. The maximum absolute atomic E-state index is 5.91. The second kappa shape index (κ2) is 6.72. The van der Waals surface area contributed by atoms with Gasteiger partial charge in [-0.15, -0.1) is 10.2 Å². The van der Waals surface area contributed by atoms with E-state index >= 15 is 0 Å². The Morgan fingerprint density at radius 3 is 3.04 bits per heavy atom. The van der Waals surface area contributed by atoms with Crippen LogP contribution in [0.25, 0.3) is 16.6 Å². The number of rotatable bonds is 6. The molecule has 0 saturated heterocycles. The molecule has 0 radical (unpaired) electrons. The first-order valence-electron chi connectivity index (χ1n) is 8.25. The summed E-state index contributed by atoms with van der Waals surface area (Å²) in [4.78, 5) is 4.40. The zero-order valence-electron chi connectivity index (χ0n) is 13.9. The lowest BCUT2D eigenvalue weighted by Gasteiger charge is -2.11. The van der Waals surface area contributed by atoms with Crippen molar-refractivity contribution in [3.63, 3.8) is 0 Å². The van der Waals surface area contributed by atoms with Gasteiger partial charge in [-0.1, -0.05) is 25.1 Å². The minimum atomic E-state index is 0.514. The van der Waals surface area contributed by atoms with Gasteiger partial charge in [0.2, 0.25) is 5.65 Å². The van der Waals surface area contributed by atoms with Crippen LogP contribution in [0.2, 0.25) is 0 Å². The fourth-order valence-corrected chi connectivity index (χ4v) is 2.72. The maximum atomic E-state index is 5.91. The largest absolute Gasteiger partial charge is 0.489 e. The van der Waals surface area contributed by atoms with Crippen molar-refractivity contribution < 1.29 is 4.74 Å². The smallest absolute Gasteiger partial charge is 0.200 e. The number of benzene rings is 1. The van der Waals surface area contributed by atoms with Gasteiger partial charge < -0.3 is 10.1 Å². The van der Waals surface area contributed by atoms with E-state index in [0.29, 0.717) is 18.8 Å². The van der Waals surface area contributed by atoms with E-state index in [1.807, 2.05) is 36.4 Å². The molecule has 1 aromatic carbocycles. The van der Waals surface area contributed by atoms with E-state index in [1.54, 1.807) is 17.0 Å². The van der Waals surface area contributed by atoms with E-state index in [0.717, 1.165) is 34.5 Å². The minimum Gasteiger partial charge on any atom is -0.489 e. The lowest BCUT2D eigenvalue weighted by Crippen LogP contribution is -2.13. The molecule has 0 fully saturated rings. The molecule has 0 aliphatic rings. The highest BCUT2D eigenvalue weighted by Crippen LogP contribution is 2.23. The summed E-state index contributed by atoms with van der Waals surface area (Å²) < 4.78 is 7.60. The molecule has 0 spiro atoms. The molecule has 1 N–H and O–H groups in total. The Morgan fingerprint density at radius 1 is 1.20 bits per heavy atom. The number of hydrogen-bond acceptors (Lipinski definition) is 6. The molecule has 0 amide bonds. The molecule has 0 unspecified atom stereocenters. The van der Waals surface area contributed by atoms with Crippen LogP contribution in [0, 0.1) is 0 Å². The molecule has 0 bridgehead atoms. The van der Waals surface area contributed by atoms with Crippen LogP contribution < -0.4 is 10.1 Å². The van der Waals surface area contributed by atoms with Crippen molar-refractivity contribution in [2.45, 2.75) is 13.3 Å². The molecule has 0 saturated carbocycles. The Kier molecular flexibility index (Phi) is 4.12. The molecule has 0 aliphatic carbocycles. The topological polar surface area (TPSA) is 77.2 Å². The first-order chi connectivity index (χ1) is 12.3. The number of ether oxygens (including phenoxy) is 1. The van der Waals surface area contributed by atoms with Gasteiger partial charge in [0.05, 0.1) is 11.4 Å². The van der Waals surface area contributed by atoms with Crippen LogP contribution in [0.3, 0.4) is 0 Å². The van der Waals surface area contributed by atoms with Gasteiger partial charge in [0.25, 0.3) is 0 Å². The predicted octanol–water partition coefficient (Wildman–Crippen LogP) is 2.73. The first kappa shape index (κ1) is 15.3. The third kappa shape index (κ3) is 3.08. The van der Waals surface area contributed by atoms with E-state index in [4.69, 9.17) is 4.74 Å². The molecule has 7 nitrogen and oxygen atoms in total. The number of hydrogen-bond donors (Lipinski definition) is 1. The van der Waals surface area contributed by atoms with Crippen molar-refractivity contribution >= 4 is 22.2 Å². The quantitative estimate of drug-likeness (QED) is 0.546. The number of aromatic nitrogens is 5. The number of pyridine rings is 1. The van der Waals surface area contributed by atoms with Gasteiger partial charge >= 0.3 is 0 Å². The first-order valence-corrected chi connectivity index (χ1v) is 8.25. The average molecular weight is 334 g/mol. The number of nitrogens with one attached hydrogen (secondary N) is 1. The standard InChI is InChI=1S/C18H18N6O/c1-2-14-11-15(18-22-21-12-24(18)23-14)19-9-10-25-16-7-3-5-13-6-4-8-20-17(13)16/h3-8,11-12,19H,2,9-10H2,1H3. The van der Waals surface area contributed by atoms with Gasteiger partial charge in [-0.2, -0.15) is 9.61 Å². The van der Waals surface area contributed by atoms with Crippen molar-refractivity contribution in [2.75, 3.05) is 18.5 Å². The van der Waals surface area contributed by atoms with E-state index in [9.17, 15) is 0 Å². The average Bonchev–Trinajstić information content (AvgIpc) is 3.13. The monoisotopic (exact) mass is 334 g/mol. The number of para-hydroxylation sites is 1. The van der Waals surface area contributed by atoms with Crippen LogP contribution in [0.1, 0.15) is 12.6 Å². The summed E-state index contributed by atoms with van der Waals surface area (Å²) >= 11 is 0. The fourth-order valence-electron chi connectivity index (χ4n) is 2.72. The van der Waals surface area contributed by atoms with Gasteiger partial charge in [-0.25, -0.2) is 0 Å². The summed E-state index contributed by atoms with van der Waals surface area (Å²) in [6.07, 6.45) is 4.23. The van der Waals surface area contributed by atoms with Crippen molar-refractivity contribution in [3.8, 4) is 5.75 Å². The summed E-state index contributed by atoms with van der Waals surface area (Å²) in [5.41, 5.74) is 3.48. The SMILES string of the molecule is CCc1cc(NCCOc2cccc3cccnc23)c2nncn2n1. The van der Waals surface area contributed by atoms with Gasteiger partial charge in [0, 0.05) is 18.1 Å². The van der Waals surface area contributed by atoms with Crippen molar-refractivity contribution in [2.24, 2.45) is 0 Å². The lowest BCUT2D eigenvalue weighted by atomic mass is 10.2. The molecule has 4 aromatic rings. The fraction of sp³-hybridized carbons (Fsp3) is 0.222. The zero-order chi connectivity index (χ0) is 17.1. The molecule has 4 rings (SSSR count). The molecule has 0 aliphatic heterocycles. The molecule has 3 aromatic heterocycles. The second-order valence-corrected chi connectivity index (χ2v) is 5.61. The van der Waals surface area contributed by atoms with Crippen LogP contribution in [-0.2, 0) is 6.42 Å². The van der Waals surface area contributed by atoms with Crippen molar-refractivity contribution in [3.05, 3.63) is 54.6 Å². The van der Waals surface area contributed by atoms with Gasteiger partial charge in [-0.3, -0.25) is 4.98 Å². The van der Waals surface area contributed by atoms with Crippen molar-refractivity contribution in [1.29, 1.82) is 0 Å². The highest BCUT2D eigenvalue weighted by molar-refractivity contribution is 5.84. The molecule has 126 valence electrons. The molecular weight excluding hydrogens is 316 g/mol. The Hall–Kier alpha value is -3.22. The molecule has 3 heterocycles. The summed E-state index contributed by atoms with van der Waals surface area (Å²) in [5.74, 6) is 0.788. The van der Waals surface area contributed by atoms with E-state index in [-0.39, 0.29) is 0 Å². The van der Waals surface area contributed by atoms with E-state index < -0.39 is 0 Å². The third-order valence-electron chi connectivity index (χ3n) is 3.95. The van der Waals surface area contributed by atoms with Crippen LogP contribution >= 0.6 is 0 Å². The number of nitrogens with zero attached hydrogens (tertiary/aromatic N) is 5. The lowest BCUT2D eigenvalue weighted by molar-refractivity contribution is 0.336. The summed E-state index contributed by atoms with van der Waals surface area (Å²) in [6, 6.07) is 11.9. The van der Waals surface area contributed by atoms with Crippen LogP contribution in [0.4, 0.5) is 5.69 Å². The summed E-state index contributed by atoms with van der Waals surface area (Å²) in [6.45, 7) is 3.22. The minimum absolute atomic E-state index is 0.514. The molecule has 0 atom stereocenters. The Balaban J connectivity index is 1.45. The van der Waals surface area contributed by atoms with Crippen LogP contribution in [-0.4, -0.2) is 37.9 Å². The Morgan fingerprint density at radius 2 is 2.12 bits per heavy atom. The van der Waals surface area contributed by atoms with E-state index in [1.165, 1.54) is 0 Å². The Labute approximate surface area is 144 Å². The van der Waals surface area contributed by atoms with Crippen molar-refractivity contribution in [1.82, 2.24) is 24.8 Å². The number of fused-ring (bicyclic) bond motifs is 2. The summed E-state index contributed by atoms with van der Waals surface area (Å²) in [5, 5.41) is 16.9. The van der Waals surface area contributed by atoms with Crippen LogP contribution in [0.5, 0.6) is 5.75 Å². The normalized spacial score (nSPS) is 11.1. The molecule has 25 heavy (non-hydrogen) atoms. The number of anilines is 1. The van der Waals surface area contributed by atoms with E-state index in [2.05, 4.69) is 32.5 Å². The van der Waals surface area contributed by atoms with Gasteiger partial charge in [0.15, 0.2) is 0 Å². The second-order valence-electron chi connectivity index (χ2n) is 5.61. The third-order valence-corrected chi connectivity index (χ3v) is 3.95. The number of aryl methyl sites for hydroxylation is 1. The maximum Gasteiger partial charge on any atom is 0.200 e. The predicted molar refractivity (Wildman–Crippen MR) is 95.9 cm³/mol. The van der Waals surface area contributed by atoms with Gasteiger partial charge in [0.1, 0.15) is 24.2 Å². The highest BCUT2D eigenvalue weighted by atomic mass is 16.5. The summed E-state index contributed by atoms with van der Waals surface area (Å²) in [7, 11) is 0.